The fraction of sp³-hybridized carbons (Fsp3) is 0.939. The van der Waals surface area contributed by atoms with E-state index in [2.05, 4.69) is 42.0 Å². The number of ether oxygens (including phenoxy) is 2. The third kappa shape index (κ3) is 30.8. The molecule has 0 saturated heterocycles. The predicted molar refractivity (Wildman–Crippen MR) is 166 cm³/mol. The second kappa shape index (κ2) is 29.1. The molecule has 0 unspecified atom stereocenters. The first-order valence-corrected chi connectivity index (χ1v) is 16.6. The number of quaternary nitrogens is 2. The monoisotopic (exact) mass is 642 g/mol. The van der Waals surface area contributed by atoms with Crippen molar-refractivity contribution < 1.29 is 57.9 Å². The Balaban J connectivity index is -0.00000760. The molecule has 1 N–H and O–H groups in total. The Bertz CT molecular complexity index is 584. The van der Waals surface area contributed by atoms with Gasteiger partial charge in [-0.25, -0.2) is 0 Å². The van der Waals surface area contributed by atoms with Crippen molar-refractivity contribution in [1.29, 1.82) is 0 Å². The summed E-state index contributed by atoms with van der Waals surface area (Å²) in [5.74, 6) is -0.220. The number of rotatable bonds is 28. The van der Waals surface area contributed by atoms with E-state index < -0.39 is 6.10 Å². The zero-order valence-electron chi connectivity index (χ0n) is 28.3. The van der Waals surface area contributed by atoms with Gasteiger partial charge in [0.05, 0.1) is 28.2 Å². The molecule has 0 spiro atoms. The molecule has 254 valence electrons. The summed E-state index contributed by atoms with van der Waals surface area (Å²) in [7, 11) is 8.23. The molecule has 0 heterocycles. The van der Waals surface area contributed by atoms with Gasteiger partial charge in [-0.05, 0) is 12.8 Å². The SMILES string of the molecule is CCCCCCCCCCC(=O)OCC[N+](C)(C)CC(O)C[N+](C)(C)CCOC(=O)CCCCCCCCCC.[Cl-].[Cl-]. The standard InChI is InChI=1S/C33H68N2O5.2ClH/c1-7-9-11-13-15-17-19-21-23-32(37)39-27-25-34(3,4)29-31(36)30-35(5,6)26-28-40-33(38)24-22-20-18-16-14-12-10-8-2;;/h31,36H,7-30H2,1-6H3;2*1H/q+2;;/p-2. The van der Waals surface area contributed by atoms with Crippen LogP contribution in [-0.2, 0) is 19.1 Å². The van der Waals surface area contributed by atoms with Gasteiger partial charge < -0.3 is 48.4 Å². The van der Waals surface area contributed by atoms with Gasteiger partial charge in [0, 0.05) is 12.8 Å². The number of carbonyl (C=O) groups excluding carboxylic acids is 2. The maximum Gasteiger partial charge on any atom is 0.305 e. The van der Waals surface area contributed by atoms with Crippen molar-refractivity contribution in [1.82, 2.24) is 0 Å². The molecule has 0 aliphatic heterocycles. The van der Waals surface area contributed by atoms with E-state index in [0.717, 1.165) is 25.7 Å². The summed E-state index contributed by atoms with van der Waals surface area (Å²) >= 11 is 0. The minimum absolute atomic E-state index is 0. The number of esters is 2. The Morgan fingerprint density at radius 3 is 1.14 bits per heavy atom. The van der Waals surface area contributed by atoms with Gasteiger partial charge in [0.2, 0.25) is 0 Å². The van der Waals surface area contributed by atoms with Gasteiger partial charge in [-0.3, -0.25) is 9.59 Å². The van der Waals surface area contributed by atoms with Crippen LogP contribution >= 0.6 is 0 Å². The highest BCUT2D eigenvalue weighted by Gasteiger charge is 2.27. The number of unbranched alkanes of at least 4 members (excludes halogenated alkanes) is 14. The van der Waals surface area contributed by atoms with Crippen LogP contribution < -0.4 is 24.8 Å². The van der Waals surface area contributed by atoms with Gasteiger partial charge in [0.15, 0.2) is 6.10 Å². The molecule has 0 aromatic carbocycles. The molecule has 0 fully saturated rings. The second-order valence-corrected chi connectivity index (χ2v) is 13.2. The van der Waals surface area contributed by atoms with Crippen LogP contribution in [0, 0.1) is 0 Å². The first-order valence-electron chi connectivity index (χ1n) is 16.6. The van der Waals surface area contributed by atoms with Gasteiger partial charge in [-0.15, -0.1) is 0 Å². The average molecular weight is 644 g/mol. The zero-order chi connectivity index (χ0) is 30.1. The quantitative estimate of drug-likeness (QED) is 0.0771. The Morgan fingerprint density at radius 1 is 0.548 bits per heavy atom. The fourth-order valence-electron chi connectivity index (χ4n) is 5.15. The highest BCUT2D eigenvalue weighted by molar-refractivity contribution is 5.69. The van der Waals surface area contributed by atoms with E-state index in [0.29, 0.717) is 61.2 Å². The Morgan fingerprint density at radius 2 is 0.833 bits per heavy atom. The van der Waals surface area contributed by atoms with E-state index in [1.165, 1.54) is 77.0 Å². The molecule has 0 aliphatic rings. The Hall–Kier alpha value is -0.600. The largest absolute Gasteiger partial charge is 1.00 e. The number of aliphatic hydroxyl groups excluding tert-OH is 1. The number of carbonyl (C=O) groups is 2. The van der Waals surface area contributed by atoms with Crippen molar-refractivity contribution in [3.63, 3.8) is 0 Å². The van der Waals surface area contributed by atoms with Crippen LogP contribution in [0.15, 0.2) is 0 Å². The van der Waals surface area contributed by atoms with Crippen LogP contribution in [0.1, 0.15) is 129 Å². The molecule has 0 aromatic rings. The van der Waals surface area contributed by atoms with E-state index in [-0.39, 0.29) is 36.8 Å². The van der Waals surface area contributed by atoms with Crippen LogP contribution in [0.25, 0.3) is 0 Å². The smallest absolute Gasteiger partial charge is 0.305 e. The maximum atomic E-state index is 12.1. The van der Waals surface area contributed by atoms with Gasteiger partial charge >= 0.3 is 11.9 Å². The Kier molecular flexibility index (Phi) is 31.8. The highest BCUT2D eigenvalue weighted by atomic mass is 35.5. The molecule has 0 bridgehead atoms. The lowest BCUT2D eigenvalue weighted by Crippen LogP contribution is -3.00. The van der Waals surface area contributed by atoms with Crippen molar-refractivity contribution in [2.75, 3.05) is 67.6 Å². The Labute approximate surface area is 272 Å². The lowest BCUT2D eigenvalue weighted by Gasteiger charge is -2.35. The van der Waals surface area contributed by atoms with Crippen LogP contribution in [0.5, 0.6) is 0 Å². The molecule has 9 heteroatoms. The molecule has 7 nitrogen and oxygen atoms in total. The molecule has 0 aromatic heterocycles. The average Bonchev–Trinajstić information content (AvgIpc) is 2.86. The van der Waals surface area contributed by atoms with E-state index >= 15 is 0 Å². The van der Waals surface area contributed by atoms with Gasteiger partial charge in [-0.1, -0.05) is 104 Å². The molecule has 0 radical (unpaired) electrons. The van der Waals surface area contributed by atoms with Crippen LogP contribution in [-0.4, -0.2) is 99.7 Å². The predicted octanol–water partition coefficient (Wildman–Crippen LogP) is 0.656. The van der Waals surface area contributed by atoms with Gasteiger partial charge in [-0.2, -0.15) is 0 Å². The summed E-state index contributed by atoms with van der Waals surface area (Å²) in [5.41, 5.74) is 0. The third-order valence-corrected chi connectivity index (χ3v) is 7.80. The fourth-order valence-corrected chi connectivity index (χ4v) is 5.15. The first-order chi connectivity index (χ1) is 19.0. The van der Waals surface area contributed by atoms with Gasteiger partial charge in [0.25, 0.3) is 0 Å². The molecule has 0 rings (SSSR count). The number of hydrogen-bond donors (Lipinski definition) is 1. The number of hydrogen-bond acceptors (Lipinski definition) is 5. The summed E-state index contributed by atoms with van der Waals surface area (Å²) < 4.78 is 12.1. The number of halogens is 2. The molecule has 0 aliphatic carbocycles. The normalized spacial score (nSPS) is 11.6. The molecular weight excluding hydrogens is 575 g/mol. The molecule has 0 amide bonds. The van der Waals surface area contributed by atoms with Crippen LogP contribution in [0.4, 0.5) is 0 Å². The van der Waals surface area contributed by atoms with E-state index in [1.807, 2.05) is 0 Å². The van der Waals surface area contributed by atoms with E-state index in [1.54, 1.807) is 0 Å². The van der Waals surface area contributed by atoms with Crippen molar-refractivity contribution in [2.45, 2.75) is 136 Å². The zero-order valence-corrected chi connectivity index (χ0v) is 29.8. The maximum absolute atomic E-state index is 12.1. The molecular formula is C33H68Cl2N2O5. The van der Waals surface area contributed by atoms with Crippen molar-refractivity contribution in [3.05, 3.63) is 0 Å². The summed E-state index contributed by atoms with van der Waals surface area (Å²) in [5, 5.41) is 10.8. The summed E-state index contributed by atoms with van der Waals surface area (Å²) in [6, 6.07) is 0. The number of nitrogens with zero attached hydrogens (tertiary/aromatic N) is 2. The van der Waals surface area contributed by atoms with Crippen LogP contribution in [0.2, 0.25) is 0 Å². The molecule has 42 heavy (non-hydrogen) atoms. The second-order valence-electron chi connectivity index (χ2n) is 13.2. The lowest BCUT2D eigenvalue weighted by atomic mass is 10.1. The molecule has 0 atom stereocenters. The van der Waals surface area contributed by atoms with Crippen molar-refractivity contribution in [2.24, 2.45) is 0 Å². The van der Waals surface area contributed by atoms with Crippen molar-refractivity contribution in [3.8, 4) is 0 Å². The van der Waals surface area contributed by atoms with Crippen molar-refractivity contribution >= 4 is 11.9 Å². The number of likely N-dealkylation sites (N-methyl/N-ethyl adjacent to an activating group) is 2. The van der Waals surface area contributed by atoms with Gasteiger partial charge in [0.1, 0.15) is 39.4 Å². The number of aliphatic hydroxyl groups is 1. The topological polar surface area (TPSA) is 72.8 Å². The summed E-state index contributed by atoms with van der Waals surface area (Å²) in [6.07, 6.45) is 19.9. The summed E-state index contributed by atoms with van der Waals surface area (Å²) in [6.45, 7) is 7.72. The van der Waals surface area contributed by atoms with Crippen LogP contribution in [0.3, 0.4) is 0 Å². The summed E-state index contributed by atoms with van der Waals surface area (Å²) in [4.78, 5) is 24.2. The van der Waals surface area contributed by atoms with E-state index in [4.69, 9.17) is 9.47 Å². The minimum atomic E-state index is -0.494. The minimum Gasteiger partial charge on any atom is -1.00 e. The lowest BCUT2D eigenvalue weighted by molar-refractivity contribution is -0.914. The van der Waals surface area contributed by atoms with E-state index in [9.17, 15) is 14.7 Å². The third-order valence-electron chi connectivity index (χ3n) is 7.80. The highest BCUT2D eigenvalue weighted by Crippen LogP contribution is 2.12. The first kappa shape index (κ1) is 45.8. The molecule has 0 saturated carbocycles.